The molecule has 4 N–H and O–H groups in total. The van der Waals surface area contributed by atoms with Crippen molar-refractivity contribution in [3.63, 3.8) is 0 Å². The highest BCUT2D eigenvalue weighted by Crippen LogP contribution is 2.21. The van der Waals surface area contributed by atoms with Crippen molar-refractivity contribution in [1.82, 2.24) is 0 Å². The first-order valence-corrected chi connectivity index (χ1v) is 7.72. The summed E-state index contributed by atoms with van der Waals surface area (Å²) in [6.07, 6.45) is 3.90. The Morgan fingerprint density at radius 2 is 1.23 bits per heavy atom. The molecular formula is C18H24N2O2. The Balaban J connectivity index is 2.01. The van der Waals surface area contributed by atoms with Gasteiger partial charge in [0.15, 0.2) is 0 Å². The fourth-order valence-electron chi connectivity index (χ4n) is 2.10. The molecule has 4 nitrogen and oxygen atoms in total. The van der Waals surface area contributed by atoms with Crippen LogP contribution in [0.4, 0.5) is 11.4 Å². The molecule has 0 aliphatic carbocycles. The topological polar surface area (TPSA) is 70.5 Å². The molecule has 0 bridgehead atoms. The van der Waals surface area contributed by atoms with Crippen LogP contribution in [0.1, 0.15) is 32.6 Å². The lowest BCUT2D eigenvalue weighted by Crippen LogP contribution is -2.24. The second-order valence-electron chi connectivity index (χ2n) is 5.30. The Morgan fingerprint density at radius 3 is 1.64 bits per heavy atom. The van der Waals surface area contributed by atoms with Crippen molar-refractivity contribution in [3.8, 4) is 11.5 Å². The average molecular weight is 300 g/mol. The highest BCUT2D eigenvalue weighted by atomic mass is 16.7. The molecule has 0 aliphatic heterocycles. The molecule has 0 radical (unpaired) electrons. The third kappa shape index (κ3) is 5.20. The molecule has 0 aliphatic rings. The van der Waals surface area contributed by atoms with Gasteiger partial charge in [0, 0.05) is 17.8 Å². The van der Waals surface area contributed by atoms with E-state index in [9.17, 15) is 0 Å². The van der Waals surface area contributed by atoms with Crippen LogP contribution in [-0.2, 0) is 0 Å². The van der Waals surface area contributed by atoms with E-state index in [0.29, 0.717) is 11.4 Å². The summed E-state index contributed by atoms with van der Waals surface area (Å²) in [6.45, 7) is 2.18. The van der Waals surface area contributed by atoms with Crippen molar-refractivity contribution in [2.75, 3.05) is 11.5 Å². The third-order valence-corrected chi connectivity index (χ3v) is 3.34. The summed E-state index contributed by atoms with van der Waals surface area (Å²) in [5.41, 5.74) is 12.8. The zero-order valence-corrected chi connectivity index (χ0v) is 13.0. The predicted molar refractivity (Wildman–Crippen MR) is 90.9 cm³/mol. The molecule has 2 aromatic rings. The maximum absolute atomic E-state index is 5.94. The number of rotatable bonds is 8. The third-order valence-electron chi connectivity index (χ3n) is 3.34. The zero-order chi connectivity index (χ0) is 15.8. The van der Waals surface area contributed by atoms with Crippen molar-refractivity contribution in [3.05, 3.63) is 48.5 Å². The minimum absolute atomic E-state index is 0.321. The lowest BCUT2D eigenvalue weighted by Gasteiger charge is -2.20. The van der Waals surface area contributed by atoms with E-state index in [1.54, 1.807) is 0 Å². The number of unbranched alkanes of at least 4 members (excludes halogenated alkanes) is 2. The monoisotopic (exact) mass is 300 g/mol. The normalized spacial score (nSPS) is 10.6. The second-order valence-corrected chi connectivity index (χ2v) is 5.30. The average Bonchev–Trinajstić information content (AvgIpc) is 2.52. The van der Waals surface area contributed by atoms with Gasteiger partial charge < -0.3 is 20.9 Å². The summed E-state index contributed by atoms with van der Waals surface area (Å²) in [7, 11) is 0. The molecular weight excluding hydrogens is 276 g/mol. The Bertz CT molecular complexity index is 505. The van der Waals surface area contributed by atoms with Crippen LogP contribution in [0.25, 0.3) is 0 Å². The van der Waals surface area contributed by atoms with Crippen LogP contribution in [0, 0.1) is 0 Å². The minimum atomic E-state index is -0.321. The molecule has 0 spiro atoms. The summed E-state index contributed by atoms with van der Waals surface area (Å²) < 4.78 is 11.9. The van der Waals surface area contributed by atoms with Gasteiger partial charge in [-0.1, -0.05) is 19.8 Å². The quantitative estimate of drug-likeness (QED) is 0.435. The van der Waals surface area contributed by atoms with Crippen molar-refractivity contribution in [1.29, 1.82) is 0 Å². The Kier molecular flexibility index (Phi) is 5.95. The maximum atomic E-state index is 5.94. The zero-order valence-electron chi connectivity index (χ0n) is 13.0. The molecule has 2 rings (SSSR count). The number of hydrogen-bond acceptors (Lipinski definition) is 4. The first-order valence-electron chi connectivity index (χ1n) is 7.72. The minimum Gasteiger partial charge on any atom is -0.455 e. The first kappa shape index (κ1) is 16.0. The number of ether oxygens (including phenoxy) is 2. The lowest BCUT2D eigenvalue weighted by atomic mass is 10.2. The first-order chi connectivity index (χ1) is 10.7. The van der Waals surface area contributed by atoms with E-state index < -0.39 is 0 Å². The molecule has 0 fully saturated rings. The molecule has 0 heterocycles. The summed E-state index contributed by atoms with van der Waals surface area (Å²) in [6, 6.07) is 14.7. The molecule has 0 unspecified atom stereocenters. The fourth-order valence-corrected chi connectivity index (χ4v) is 2.10. The summed E-state index contributed by atoms with van der Waals surface area (Å²) in [5, 5.41) is 0. The number of anilines is 2. The number of hydrogen-bond donors (Lipinski definition) is 2. The maximum Gasteiger partial charge on any atom is 0.241 e. The molecule has 0 atom stereocenters. The Morgan fingerprint density at radius 1 is 0.773 bits per heavy atom. The van der Waals surface area contributed by atoms with E-state index in [0.717, 1.165) is 37.2 Å². The van der Waals surface area contributed by atoms with Gasteiger partial charge in [-0.15, -0.1) is 0 Å². The van der Waals surface area contributed by atoms with E-state index in [1.165, 1.54) is 0 Å². The van der Waals surface area contributed by atoms with Crippen molar-refractivity contribution in [2.45, 2.75) is 38.9 Å². The van der Waals surface area contributed by atoms with Gasteiger partial charge in [0.05, 0.1) is 0 Å². The SMILES string of the molecule is CCCCCC(Oc1ccc(N)cc1)Oc1ccc(N)cc1. The van der Waals surface area contributed by atoms with E-state index in [2.05, 4.69) is 6.92 Å². The van der Waals surface area contributed by atoms with Crippen LogP contribution in [0.2, 0.25) is 0 Å². The predicted octanol–water partition coefficient (Wildman–Crippen LogP) is 4.22. The Labute approximate surface area is 132 Å². The summed E-state index contributed by atoms with van der Waals surface area (Å²) in [4.78, 5) is 0. The van der Waals surface area contributed by atoms with Crippen molar-refractivity contribution < 1.29 is 9.47 Å². The van der Waals surface area contributed by atoms with E-state index >= 15 is 0 Å². The number of benzene rings is 2. The molecule has 0 saturated carbocycles. The van der Waals surface area contributed by atoms with Crippen LogP contribution in [0.3, 0.4) is 0 Å². The molecule has 4 heteroatoms. The highest BCUT2D eigenvalue weighted by molar-refractivity contribution is 5.42. The van der Waals surface area contributed by atoms with Gasteiger partial charge in [-0.25, -0.2) is 0 Å². The number of nitrogens with two attached hydrogens (primary N) is 2. The highest BCUT2D eigenvalue weighted by Gasteiger charge is 2.12. The fraction of sp³-hybridized carbons (Fsp3) is 0.333. The molecule has 118 valence electrons. The van der Waals surface area contributed by atoms with Crippen molar-refractivity contribution >= 4 is 11.4 Å². The van der Waals surface area contributed by atoms with Gasteiger partial charge in [-0.3, -0.25) is 0 Å². The standard InChI is InChI=1S/C18H24N2O2/c1-2-3-4-5-18(21-16-10-6-14(19)7-11-16)22-17-12-8-15(20)9-13-17/h6-13,18H,2-5,19-20H2,1H3. The Hall–Kier alpha value is -2.36. The molecule has 22 heavy (non-hydrogen) atoms. The molecule has 0 aromatic heterocycles. The van der Waals surface area contributed by atoms with Gasteiger partial charge in [0.2, 0.25) is 6.29 Å². The van der Waals surface area contributed by atoms with Gasteiger partial charge >= 0.3 is 0 Å². The van der Waals surface area contributed by atoms with Crippen LogP contribution < -0.4 is 20.9 Å². The van der Waals surface area contributed by atoms with Gasteiger partial charge in [0.1, 0.15) is 11.5 Å². The summed E-state index contributed by atoms with van der Waals surface area (Å²) in [5.74, 6) is 1.51. The lowest BCUT2D eigenvalue weighted by molar-refractivity contribution is -0.00235. The number of nitrogen functional groups attached to an aromatic ring is 2. The molecule has 2 aromatic carbocycles. The van der Waals surface area contributed by atoms with Crippen LogP contribution >= 0.6 is 0 Å². The van der Waals surface area contributed by atoms with Gasteiger partial charge in [-0.2, -0.15) is 0 Å². The smallest absolute Gasteiger partial charge is 0.241 e. The second kappa shape index (κ2) is 8.17. The van der Waals surface area contributed by atoms with E-state index in [1.807, 2.05) is 48.5 Å². The van der Waals surface area contributed by atoms with Crippen LogP contribution in [-0.4, -0.2) is 6.29 Å². The molecule has 0 amide bonds. The summed E-state index contributed by atoms with van der Waals surface area (Å²) >= 11 is 0. The van der Waals surface area contributed by atoms with Crippen molar-refractivity contribution in [2.24, 2.45) is 0 Å². The van der Waals surface area contributed by atoms with Crippen LogP contribution in [0.5, 0.6) is 11.5 Å². The van der Waals surface area contributed by atoms with Gasteiger partial charge in [-0.05, 0) is 55.0 Å². The molecule has 0 saturated heterocycles. The van der Waals surface area contributed by atoms with Gasteiger partial charge in [0.25, 0.3) is 0 Å². The largest absolute Gasteiger partial charge is 0.455 e. The van der Waals surface area contributed by atoms with E-state index in [4.69, 9.17) is 20.9 Å². The van der Waals surface area contributed by atoms with Crippen LogP contribution in [0.15, 0.2) is 48.5 Å². The van der Waals surface area contributed by atoms with E-state index in [-0.39, 0.29) is 6.29 Å².